The van der Waals surface area contributed by atoms with Gasteiger partial charge in [-0.1, -0.05) is 39.0 Å². The highest BCUT2D eigenvalue weighted by atomic mass is 16.2. The molecule has 0 bridgehead atoms. The molecule has 0 aromatic heterocycles. The number of carbonyl (C=O) groups is 2. The number of aryl methyl sites for hydroxylation is 2. The van der Waals surface area contributed by atoms with E-state index in [0.29, 0.717) is 11.4 Å². The Balaban J connectivity index is 1.96. The average Bonchev–Trinajstić information content (AvgIpc) is 2.55. The van der Waals surface area contributed by atoms with E-state index in [1.807, 2.05) is 52.8 Å². The first-order chi connectivity index (χ1) is 12.1. The van der Waals surface area contributed by atoms with E-state index >= 15 is 0 Å². The van der Waals surface area contributed by atoms with Crippen LogP contribution in [-0.4, -0.2) is 18.4 Å². The van der Waals surface area contributed by atoms with Gasteiger partial charge in [-0.15, -0.1) is 0 Å². The molecule has 0 unspecified atom stereocenters. The van der Waals surface area contributed by atoms with Gasteiger partial charge in [-0.2, -0.15) is 0 Å². The Hall–Kier alpha value is -2.82. The van der Waals surface area contributed by atoms with Gasteiger partial charge in [0.1, 0.15) is 0 Å². The van der Waals surface area contributed by atoms with Crippen LogP contribution in [0.2, 0.25) is 0 Å². The van der Waals surface area contributed by atoms with Gasteiger partial charge in [-0.25, -0.2) is 0 Å². The summed E-state index contributed by atoms with van der Waals surface area (Å²) in [5, 5.41) is 8.87. The van der Waals surface area contributed by atoms with Crippen molar-refractivity contribution in [3.63, 3.8) is 0 Å². The lowest BCUT2D eigenvalue weighted by Crippen LogP contribution is -2.27. The number of rotatable bonds is 5. The zero-order valence-corrected chi connectivity index (χ0v) is 16.1. The Kier molecular flexibility index (Phi) is 6.03. The van der Waals surface area contributed by atoms with Crippen LogP contribution in [0.15, 0.2) is 42.5 Å². The maximum atomic E-state index is 12.2. The second kappa shape index (κ2) is 8.04. The molecule has 0 spiro atoms. The number of hydrogen-bond donors (Lipinski definition) is 3. The van der Waals surface area contributed by atoms with E-state index in [0.717, 1.165) is 16.8 Å². The number of anilines is 3. The predicted octanol–water partition coefficient (Wildman–Crippen LogP) is 4.34. The average molecular weight is 353 g/mol. The highest BCUT2D eigenvalue weighted by molar-refractivity contribution is 5.97. The number of hydrogen-bond acceptors (Lipinski definition) is 3. The van der Waals surface area contributed by atoms with E-state index < -0.39 is 5.41 Å². The van der Waals surface area contributed by atoms with Crippen molar-refractivity contribution >= 4 is 28.9 Å². The summed E-state index contributed by atoms with van der Waals surface area (Å²) in [7, 11) is 0. The first kappa shape index (κ1) is 19.5. The quantitative estimate of drug-likeness (QED) is 0.749. The van der Waals surface area contributed by atoms with Gasteiger partial charge in [0.15, 0.2) is 0 Å². The van der Waals surface area contributed by atoms with Gasteiger partial charge in [-0.05, 0) is 49.2 Å². The third-order valence-corrected chi connectivity index (χ3v) is 3.92. The molecule has 0 radical (unpaired) electrons. The molecule has 0 fully saturated rings. The van der Waals surface area contributed by atoms with Crippen molar-refractivity contribution in [2.75, 3.05) is 22.5 Å². The van der Waals surface area contributed by atoms with Crippen molar-refractivity contribution in [3.05, 3.63) is 53.6 Å². The topological polar surface area (TPSA) is 70.2 Å². The molecule has 5 heteroatoms. The molecular formula is C21H27N3O2. The van der Waals surface area contributed by atoms with Gasteiger partial charge in [-0.3, -0.25) is 9.59 Å². The molecule has 0 heterocycles. The molecule has 0 atom stereocenters. The van der Waals surface area contributed by atoms with E-state index in [2.05, 4.69) is 16.0 Å². The molecule has 0 aliphatic heterocycles. The molecule has 26 heavy (non-hydrogen) atoms. The lowest BCUT2D eigenvalue weighted by molar-refractivity contribution is -0.123. The van der Waals surface area contributed by atoms with Gasteiger partial charge in [0.05, 0.1) is 6.54 Å². The van der Waals surface area contributed by atoms with Crippen molar-refractivity contribution in [3.8, 4) is 0 Å². The Bertz CT molecular complexity index is 807. The first-order valence-corrected chi connectivity index (χ1v) is 8.67. The summed E-state index contributed by atoms with van der Waals surface area (Å²) in [6, 6.07) is 13.2. The SMILES string of the molecule is Cc1ccc(C)c(NCC(=O)Nc2cccc(NC(=O)C(C)(C)C)c2)c1. The van der Waals surface area contributed by atoms with Crippen molar-refractivity contribution in [1.29, 1.82) is 0 Å². The number of amides is 2. The summed E-state index contributed by atoms with van der Waals surface area (Å²) in [5.41, 5.74) is 4.01. The van der Waals surface area contributed by atoms with Crippen LogP contribution in [0.3, 0.4) is 0 Å². The van der Waals surface area contributed by atoms with E-state index in [4.69, 9.17) is 0 Å². The molecule has 0 saturated heterocycles. The van der Waals surface area contributed by atoms with Gasteiger partial charge in [0, 0.05) is 22.5 Å². The maximum absolute atomic E-state index is 12.2. The fourth-order valence-corrected chi connectivity index (χ4v) is 2.30. The molecule has 2 aromatic rings. The van der Waals surface area contributed by atoms with Crippen LogP contribution in [0.5, 0.6) is 0 Å². The van der Waals surface area contributed by atoms with E-state index in [1.54, 1.807) is 24.3 Å². The van der Waals surface area contributed by atoms with E-state index in [-0.39, 0.29) is 18.4 Å². The molecule has 138 valence electrons. The summed E-state index contributed by atoms with van der Waals surface area (Å²) < 4.78 is 0. The zero-order chi connectivity index (χ0) is 19.3. The van der Waals surface area contributed by atoms with Gasteiger partial charge in [0.2, 0.25) is 11.8 Å². The molecule has 0 aliphatic carbocycles. The lowest BCUT2D eigenvalue weighted by Gasteiger charge is -2.18. The van der Waals surface area contributed by atoms with Crippen LogP contribution in [-0.2, 0) is 9.59 Å². The summed E-state index contributed by atoms with van der Waals surface area (Å²) in [6.45, 7) is 9.75. The van der Waals surface area contributed by atoms with Crippen LogP contribution >= 0.6 is 0 Å². The molecule has 0 aliphatic rings. The highest BCUT2D eigenvalue weighted by Crippen LogP contribution is 2.20. The minimum atomic E-state index is -0.477. The van der Waals surface area contributed by atoms with Crippen molar-refractivity contribution in [2.45, 2.75) is 34.6 Å². The minimum absolute atomic E-state index is 0.0717. The summed E-state index contributed by atoms with van der Waals surface area (Å²) in [4.78, 5) is 24.3. The van der Waals surface area contributed by atoms with E-state index in [1.165, 1.54) is 0 Å². The highest BCUT2D eigenvalue weighted by Gasteiger charge is 2.21. The predicted molar refractivity (Wildman–Crippen MR) is 108 cm³/mol. The Morgan fingerprint density at radius 1 is 0.923 bits per heavy atom. The molecular weight excluding hydrogens is 326 g/mol. The number of nitrogens with one attached hydrogen (secondary N) is 3. The van der Waals surface area contributed by atoms with Crippen molar-refractivity contribution in [1.82, 2.24) is 0 Å². The van der Waals surface area contributed by atoms with Gasteiger partial charge >= 0.3 is 0 Å². The monoisotopic (exact) mass is 353 g/mol. The zero-order valence-electron chi connectivity index (χ0n) is 16.1. The smallest absolute Gasteiger partial charge is 0.243 e. The normalized spacial score (nSPS) is 11.0. The Morgan fingerprint density at radius 2 is 1.58 bits per heavy atom. The molecule has 2 rings (SSSR count). The van der Waals surface area contributed by atoms with Gasteiger partial charge in [0.25, 0.3) is 0 Å². The molecule has 0 saturated carbocycles. The van der Waals surface area contributed by atoms with Gasteiger partial charge < -0.3 is 16.0 Å². The fraction of sp³-hybridized carbons (Fsp3) is 0.333. The van der Waals surface area contributed by atoms with Crippen LogP contribution in [0, 0.1) is 19.3 Å². The Labute approximate surface area is 155 Å². The van der Waals surface area contributed by atoms with E-state index in [9.17, 15) is 9.59 Å². The summed E-state index contributed by atoms with van der Waals surface area (Å²) >= 11 is 0. The number of carbonyl (C=O) groups excluding carboxylic acids is 2. The van der Waals surface area contributed by atoms with Crippen LogP contribution in [0.4, 0.5) is 17.1 Å². The van der Waals surface area contributed by atoms with Crippen LogP contribution in [0.1, 0.15) is 31.9 Å². The third kappa shape index (κ3) is 5.62. The summed E-state index contributed by atoms with van der Waals surface area (Å²) in [5.74, 6) is -0.220. The summed E-state index contributed by atoms with van der Waals surface area (Å²) in [6.07, 6.45) is 0. The van der Waals surface area contributed by atoms with Crippen LogP contribution in [0.25, 0.3) is 0 Å². The maximum Gasteiger partial charge on any atom is 0.243 e. The second-order valence-electron chi connectivity index (χ2n) is 7.51. The second-order valence-corrected chi connectivity index (χ2v) is 7.51. The van der Waals surface area contributed by atoms with Crippen molar-refractivity contribution in [2.24, 2.45) is 5.41 Å². The molecule has 5 nitrogen and oxygen atoms in total. The Morgan fingerprint density at radius 3 is 2.23 bits per heavy atom. The van der Waals surface area contributed by atoms with Crippen molar-refractivity contribution < 1.29 is 9.59 Å². The first-order valence-electron chi connectivity index (χ1n) is 8.67. The third-order valence-electron chi connectivity index (χ3n) is 3.92. The standard InChI is InChI=1S/C21H27N3O2/c1-14-9-10-15(2)18(11-14)22-13-19(25)23-16-7-6-8-17(12-16)24-20(26)21(3,4)5/h6-12,22H,13H2,1-5H3,(H,23,25)(H,24,26). The minimum Gasteiger partial charge on any atom is -0.376 e. The number of benzene rings is 2. The molecule has 3 N–H and O–H groups in total. The molecule has 2 aromatic carbocycles. The lowest BCUT2D eigenvalue weighted by atomic mass is 9.95. The molecule has 2 amide bonds. The fourth-order valence-electron chi connectivity index (χ4n) is 2.30. The van der Waals surface area contributed by atoms with Crippen LogP contribution < -0.4 is 16.0 Å². The largest absolute Gasteiger partial charge is 0.376 e.